The number of ether oxygens (including phenoxy) is 2. The van der Waals surface area contributed by atoms with Gasteiger partial charge in [-0.3, -0.25) is 4.79 Å². The van der Waals surface area contributed by atoms with Crippen molar-refractivity contribution in [2.75, 3.05) is 31.0 Å². The largest absolute Gasteiger partial charge is 0.481 e. The van der Waals surface area contributed by atoms with E-state index in [1.54, 1.807) is 19.2 Å². The van der Waals surface area contributed by atoms with Crippen molar-refractivity contribution in [3.05, 3.63) is 12.1 Å². The highest BCUT2D eigenvalue weighted by atomic mass is 16.5. The Balaban J connectivity index is 1.99. The van der Waals surface area contributed by atoms with E-state index in [1.807, 2.05) is 0 Å². The second kappa shape index (κ2) is 3.59. The summed E-state index contributed by atoms with van der Waals surface area (Å²) >= 11 is 0. The molecule has 1 fully saturated rings. The molecule has 2 aliphatic heterocycles. The summed E-state index contributed by atoms with van der Waals surface area (Å²) in [7, 11) is 1.56. The predicted octanol–water partition coefficient (Wildman–Crippen LogP) is 0.613. The highest BCUT2D eigenvalue weighted by Crippen LogP contribution is 2.34. The van der Waals surface area contributed by atoms with E-state index in [-0.39, 0.29) is 5.91 Å². The molecule has 3 rings (SSSR count). The third-order valence-corrected chi connectivity index (χ3v) is 3.14. The summed E-state index contributed by atoms with van der Waals surface area (Å²) < 4.78 is 10.4. The van der Waals surface area contributed by atoms with Crippen LogP contribution in [0.4, 0.5) is 11.5 Å². The maximum atomic E-state index is 12.0. The van der Waals surface area contributed by atoms with E-state index in [0.717, 1.165) is 0 Å². The lowest BCUT2D eigenvalue weighted by Gasteiger charge is -2.33. The van der Waals surface area contributed by atoms with Gasteiger partial charge in [0.05, 0.1) is 19.4 Å². The lowest BCUT2D eigenvalue weighted by atomic mass is 9.95. The highest BCUT2D eigenvalue weighted by Gasteiger charge is 2.45. The van der Waals surface area contributed by atoms with Gasteiger partial charge in [-0.1, -0.05) is 0 Å². The van der Waals surface area contributed by atoms with Crippen LogP contribution in [0.1, 0.15) is 6.42 Å². The van der Waals surface area contributed by atoms with Crippen molar-refractivity contribution in [1.29, 1.82) is 0 Å². The molecule has 90 valence electrons. The first-order valence-corrected chi connectivity index (χ1v) is 5.46. The second-order valence-corrected chi connectivity index (χ2v) is 4.21. The molecule has 0 aromatic carbocycles. The fraction of sp³-hybridized carbons (Fsp3) is 0.455. The van der Waals surface area contributed by atoms with E-state index < -0.39 is 5.54 Å². The zero-order chi connectivity index (χ0) is 11.9. The predicted molar refractivity (Wildman–Crippen MR) is 61.2 cm³/mol. The van der Waals surface area contributed by atoms with Gasteiger partial charge in [-0.15, -0.1) is 0 Å². The zero-order valence-corrected chi connectivity index (χ0v) is 9.45. The Hall–Kier alpha value is -1.82. The van der Waals surface area contributed by atoms with E-state index >= 15 is 0 Å². The van der Waals surface area contributed by atoms with E-state index in [0.29, 0.717) is 37.0 Å². The maximum absolute atomic E-state index is 12.0. The molecule has 1 unspecified atom stereocenters. The minimum Gasteiger partial charge on any atom is -0.481 e. The maximum Gasteiger partial charge on any atom is 0.252 e. The van der Waals surface area contributed by atoms with Gasteiger partial charge in [0.25, 0.3) is 5.91 Å². The molecular weight excluding hydrogens is 222 g/mol. The Morgan fingerprint density at radius 2 is 2.41 bits per heavy atom. The number of nitrogens with zero attached hydrogens (tertiary/aromatic N) is 1. The summed E-state index contributed by atoms with van der Waals surface area (Å²) in [6.07, 6.45) is 0.650. The molecule has 0 bridgehead atoms. The average Bonchev–Trinajstić information content (AvgIpc) is 2.80. The number of amides is 1. The van der Waals surface area contributed by atoms with Crippen LogP contribution in [-0.2, 0) is 9.53 Å². The topological polar surface area (TPSA) is 72.5 Å². The van der Waals surface area contributed by atoms with Gasteiger partial charge in [-0.25, -0.2) is 0 Å². The minimum absolute atomic E-state index is 0.0607. The van der Waals surface area contributed by atoms with Crippen LogP contribution < -0.4 is 15.4 Å². The van der Waals surface area contributed by atoms with Crippen LogP contribution in [0.25, 0.3) is 0 Å². The van der Waals surface area contributed by atoms with E-state index in [1.165, 1.54) is 0 Å². The smallest absolute Gasteiger partial charge is 0.252 e. The first kappa shape index (κ1) is 10.3. The molecule has 17 heavy (non-hydrogen) atoms. The van der Waals surface area contributed by atoms with Crippen LogP contribution in [-0.4, -0.2) is 36.8 Å². The van der Waals surface area contributed by atoms with Crippen molar-refractivity contribution in [1.82, 2.24) is 4.98 Å². The van der Waals surface area contributed by atoms with Crippen molar-refractivity contribution in [3.8, 4) is 5.88 Å². The molecule has 0 aliphatic carbocycles. The lowest BCUT2D eigenvalue weighted by Crippen LogP contribution is -2.53. The molecule has 2 aliphatic rings. The van der Waals surface area contributed by atoms with Crippen LogP contribution in [0.15, 0.2) is 12.1 Å². The standard InChI is InChI=1S/C11H13N3O3/c1-16-8-3-2-7-9(13-8)14-11(10(15)12-7)4-5-17-6-11/h2-3H,4-6H2,1H3,(H,12,15)(H,13,14). The Labute approximate surface area is 98.3 Å². The molecule has 1 amide bonds. The van der Waals surface area contributed by atoms with Gasteiger partial charge in [0, 0.05) is 19.1 Å². The number of fused-ring (bicyclic) bond motifs is 1. The van der Waals surface area contributed by atoms with E-state index in [4.69, 9.17) is 9.47 Å². The van der Waals surface area contributed by atoms with Gasteiger partial charge < -0.3 is 20.1 Å². The van der Waals surface area contributed by atoms with Gasteiger partial charge in [-0.05, 0) is 6.07 Å². The van der Waals surface area contributed by atoms with Gasteiger partial charge in [0.1, 0.15) is 5.54 Å². The van der Waals surface area contributed by atoms with Crippen molar-refractivity contribution in [2.45, 2.75) is 12.0 Å². The van der Waals surface area contributed by atoms with Crippen molar-refractivity contribution in [2.24, 2.45) is 0 Å². The van der Waals surface area contributed by atoms with Crippen molar-refractivity contribution in [3.63, 3.8) is 0 Å². The quantitative estimate of drug-likeness (QED) is 0.746. The molecule has 6 heteroatoms. The third kappa shape index (κ3) is 1.52. The summed E-state index contributed by atoms with van der Waals surface area (Å²) in [6.45, 7) is 0.955. The molecule has 2 N–H and O–H groups in total. The number of nitrogens with one attached hydrogen (secondary N) is 2. The molecule has 1 spiro atoms. The Bertz CT molecular complexity index is 469. The number of methoxy groups -OCH3 is 1. The average molecular weight is 235 g/mol. The molecule has 1 saturated heterocycles. The summed E-state index contributed by atoms with van der Waals surface area (Å²) in [6, 6.07) is 3.48. The molecule has 1 atom stereocenters. The number of rotatable bonds is 1. The Morgan fingerprint density at radius 3 is 3.12 bits per heavy atom. The molecule has 3 heterocycles. The van der Waals surface area contributed by atoms with E-state index in [2.05, 4.69) is 15.6 Å². The molecule has 0 radical (unpaired) electrons. The first-order valence-electron chi connectivity index (χ1n) is 5.46. The van der Waals surface area contributed by atoms with E-state index in [9.17, 15) is 4.79 Å². The number of anilines is 2. The number of hydrogen-bond acceptors (Lipinski definition) is 5. The van der Waals surface area contributed by atoms with Gasteiger partial charge in [-0.2, -0.15) is 4.98 Å². The summed E-state index contributed by atoms with van der Waals surface area (Å²) in [5, 5.41) is 6.01. The number of aromatic nitrogens is 1. The molecule has 6 nitrogen and oxygen atoms in total. The second-order valence-electron chi connectivity index (χ2n) is 4.21. The summed E-state index contributed by atoms with van der Waals surface area (Å²) in [5.41, 5.74) is 0.000134. The van der Waals surface area contributed by atoms with Gasteiger partial charge in [0.2, 0.25) is 5.88 Å². The number of hydrogen-bond donors (Lipinski definition) is 2. The zero-order valence-electron chi connectivity index (χ0n) is 9.45. The Kier molecular flexibility index (Phi) is 2.19. The fourth-order valence-electron chi connectivity index (χ4n) is 2.12. The monoisotopic (exact) mass is 235 g/mol. The van der Waals surface area contributed by atoms with Gasteiger partial charge in [0.15, 0.2) is 5.82 Å². The van der Waals surface area contributed by atoms with Crippen LogP contribution >= 0.6 is 0 Å². The van der Waals surface area contributed by atoms with Gasteiger partial charge >= 0.3 is 0 Å². The van der Waals surface area contributed by atoms with Crippen LogP contribution in [0.3, 0.4) is 0 Å². The minimum atomic E-state index is -0.674. The van der Waals surface area contributed by atoms with Crippen LogP contribution in [0.2, 0.25) is 0 Å². The van der Waals surface area contributed by atoms with Crippen LogP contribution in [0, 0.1) is 0 Å². The number of pyridine rings is 1. The Morgan fingerprint density at radius 1 is 1.53 bits per heavy atom. The molecule has 1 aromatic rings. The highest BCUT2D eigenvalue weighted by molar-refractivity contribution is 6.05. The summed E-state index contributed by atoms with van der Waals surface area (Å²) in [4.78, 5) is 16.3. The molecule has 1 aromatic heterocycles. The molecule has 0 saturated carbocycles. The SMILES string of the molecule is COc1ccc2c(n1)NC1(CCOC1)C(=O)N2. The molecular formula is C11H13N3O3. The number of carbonyl (C=O) groups is 1. The van der Waals surface area contributed by atoms with Crippen molar-refractivity contribution >= 4 is 17.4 Å². The fourth-order valence-corrected chi connectivity index (χ4v) is 2.12. The number of carbonyl (C=O) groups excluding carboxylic acids is 1. The van der Waals surface area contributed by atoms with Crippen LogP contribution in [0.5, 0.6) is 5.88 Å². The summed E-state index contributed by atoms with van der Waals surface area (Å²) in [5.74, 6) is 1.09. The first-order chi connectivity index (χ1) is 8.23. The lowest BCUT2D eigenvalue weighted by molar-refractivity contribution is -0.120. The van der Waals surface area contributed by atoms with Crippen molar-refractivity contribution < 1.29 is 14.3 Å². The normalized spacial score (nSPS) is 26.3. The third-order valence-electron chi connectivity index (χ3n) is 3.14.